The van der Waals surface area contributed by atoms with Crippen LogP contribution >= 0.6 is 0 Å². The molecule has 1 atom stereocenters. The average molecular weight is 339 g/mol. The first-order chi connectivity index (χ1) is 12.4. The fraction of sp³-hybridized carbons (Fsp3) is 0.474. The zero-order valence-electron chi connectivity index (χ0n) is 14.4. The molecule has 25 heavy (non-hydrogen) atoms. The van der Waals surface area contributed by atoms with E-state index < -0.39 is 0 Å². The Morgan fingerprint density at radius 1 is 1.08 bits per heavy atom. The van der Waals surface area contributed by atoms with Gasteiger partial charge in [0.1, 0.15) is 5.82 Å². The average Bonchev–Trinajstić information content (AvgIpc) is 3.35. The highest BCUT2D eigenvalue weighted by molar-refractivity contribution is 5.61. The Bertz CT molecular complexity index is 678. The molecule has 0 bridgehead atoms. The number of anilines is 4. The molecule has 1 aromatic heterocycles. The van der Waals surface area contributed by atoms with Crippen molar-refractivity contribution in [3.05, 3.63) is 36.5 Å². The van der Waals surface area contributed by atoms with Crippen molar-refractivity contribution in [3.8, 4) is 0 Å². The van der Waals surface area contributed by atoms with Crippen molar-refractivity contribution >= 4 is 23.1 Å². The molecule has 1 unspecified atom stereocenters. The topological polar surface area (TPSA) is 62.3 Å². The van der Waals surface area contributed by atoms with Gasteiger partial charge in [-0.25, -0.2) is 4.98 Å². The molecular formula is C19H25N5O. The summed E-state index contributed by atoms with van der Waals surface area (Å²) in [5.41, 5.74) is 2.33. The minimum atomic E-state index is 0.276. The third-order valence-electron chi connectivity index (χ3n) is 4.78. The Labute approximate surface area is 148 Å². The Kier molecular flexibility index (Phi) is 4.97. The Morgan fingerprint density at radius 2 is 1.92 bits per heavy atom. The van der Waals surface area contributed by atoms with E-state index in [1.165, 1.54) is 31.6 Å². The van der Waals surface area contributed by atoms with Crippen molar-refractivity contribution in [2.75, 3.05) is 41.8 Å². The number of nitrogens with zero attached hydrogens (tertiary/aromatic N) is 3. The van der Waals surface area contributed by atoms with Crippen LogP contribution in [0, 0.1) is 0 Å². The smallest absolute Gasteiger partial charge is 0.224 e. The second kappa shape index (κ2) is 7.70. The molecule has 0 saturated carbocycles. The van der Waals surface area contributed by atoms with Gasteiger partial charge in [-0.05, 0) is 56.0 Å². The van der Waals surface area contributed by atoms with Crippen LogP contribution in [0.3, 0.4) is 0 Å². The number of ether oxygens (including phenoxy) is 1. The predicted octanol–water partition coefficient (Wildman–Crippen LogP) is 3.41. The molecule has 0 aliphatic carbocycles. The van der Waals surface area contributed by atoms with Crippen LogP contribution in [0.25, 0.3) is 0 Å². The molecule has 2 saturated heterocycles. The van der Waals surface area contributed by atoms with Crippen molar-refractivity contribution in [2.24, 2.45) is 0 Å². The van der Waals surface area contributed by atoms with E-state index in [0.717, 1.165) is 37.5 Å². The first-order valence-electron chi connectivity index (χ1n) is 9.17. The molecule has 2 fully saturated rings. The maximum absolute atomic E-state index is 5.62. The molecule has 2 aromatic rings. The van der Waals surface area contributed by atoms with Gasteiger partial charge in [0.05, 0.1) is 6.10 Å². The van der Waals surface area contributed by atoms with Crippen molar-refractivity contribution in [2.45, 2.75) is 31.8 Å². The third kappa shape index (κ3) is 4.20. The van der Waals surface area contributed by atoms with Gasteiger partial charge in [0, 0.05) is 43.8 Å². The lowest BCUT2D eigenvalue weighted by Gasteiger charge is -2.18. The van der Waals surface area contributed by atoms with Gasteiger partial charge in [-0.2, -0.15) is 4.98 Å². The zero-order chi connectivity index (χ0) is 16.9. The summed E-state index contributed by atoms with van der Waals surface area (Å²) in [5.74, 6) is 1.42. The molecule has 0 radical (unpaired) electrons. The second-order valence-electron chi connectivity index (χ2n) is 6.65. The van der Waals surface area contributed by atoms with E-state index in [-0.39, 0.29) is 6.10 Å². The Balaban J connectivity index is 1.35. The molecule has 4 rings (SSSR count). The fourth-order valence-electron chi connectivity index (χ4n) is 3.40. The van der Waals surface area contributed by atoms with Gasteiger partial charge in [-0.15, -0.1) is 0 Å². The van der Waals surface area contributed by atoms with Crippen molar-refractivity contribution in [1.82, 2.24) is 9.97 Å². The maximum Gasteiger partial charge on any atom is 0.224 e. The van der Waals surface area contributed by atoms with Crippen LogP contribution in [0.15, 0.2) is 36.5 Å². The second-order valence-corrected chi connectivity index (χ2v) is 6.65. The van der Waals surface area contributed by atoms with E-state index in [1.54, 1.807) is 6.20 Å². The predicted molar refractivity (Wildman–Crippen MR) is 101 cm³/mol. The van der Waals surface area contributed by atoms with Gasteiger partial charge in [-0.1, -0.05) is 0 Å². The van der Waals surface area contributed by atoms with E-state index in [9.17, 15) is 0 Å². The summed E-state index contributed by atoms with van der Waals surface area (Å²) in [6.07, 6.45) is 6.88. The van der Waals surface area contributed by atoms with Crippen LogP contribution in [-0.4, -0.2) is 42.3 Å². The van der Waals surface area contributed by atoms with Crippen LogP contribution in [0.1, 0.15) is 25.7 Å². The molecule has 0 spiro atoms. The van der Waals surface area contributed by atoms with Crippen LogP contribution in [0.4, 0.5) is 23.1 Å². The summed E-state index contributed by atoms with van der Waals surface area (Å²) in [6, 6.07) is 10.4. The number of hydrogen-bond donors (Lipinski definition) is 2. The van der Waals surface area contributed by atoms with Gasteiger partial charge in [0.2, 0.25) is 5.95 Å². The SMILES string of the molecule is c1cc(Nc2ccc(N3CCCC3)cc2)nc(NCC2CCCO2)n1. The van der Waals surface area contributed by atoms with E-state index in [2.05, 4.69) is 49.8 Å². The summed E-state index contributed by atoms with van der Waals surface area (Å²) in [7, 11) is 0. The molecule has 132 valence electrons. The summed E-state index contributed by atoms with van der Waals surface area (Å²) in [4.78, 5) is 11.2. The lowest BCUT2D eigenvalue weighted by molar-refractivity contribution is 0.120. The highest BCUT2D eigenvalue weighted by Crippen LogP contribution is 2.23. The highest BCUT2D eigenvalue weighted by atomic mass is 16.5. The Morgan fingerprint density at radius 3 is 2.68 bits per heavy atom. The van der Waals surface area contributed by atoms with Crippen LogP contribution in [0.5, 0.6) is 0 Å². The number of hydrogen-bond acceptors (Lipinski definition) is 6. The van der Waals surface area contributed by atoms with Crippen LogP contribution in [-0.2, 0) is 4.74 Å². The first-order valence-corrected chi connectivity index (χ1v) is 9.17. The summed E-state index contributed by atoms with van der Waals surface area (Å²) >= 11 is 0. The van der Waals surface area contributed by atoms with Gasteiger partial charge in [0.25, 0.3) is 0 Å². The normalized spacial score (nSPS) is 20.0. The number of aromatic nitrogens is 2. The molecular weight excluding hydrogens is 314 g/mol. The standard InChI is InChI=1S/C19H25N5O/c1-2-12-24(11-1)16-7-5-15(6-8-16)22-18-9-10-20-19(23-18)21-14-17-4-3-13-25-17/h5-10,17H,1-4,11-14H2,(H2,20,21,22,23). The van der Waals surface area contributed by atoms with Crippen molar-refractivity contribution in [1.29, 1.82) is 0 Å². The molecule has 2 N–H and O–H groups in total. The van der Waals surface area contributed by atoms with E-state index in [0.29, 0.717) is 5.95 Å². The highest BCUT2D eigenvalue weighted by Gasteiger charge is 2.15. The molecule has 1 aromatic carbocycles. The van der Waals surface area contributed by atoms with Crippen LogP contribution in [0.2, 0.25) is 0 Å². The van der Waals surface area contributed by atoms with Crippen molar-refractivity contribution in [3.63, 3.8) is 0 Å². The lowest BCUT2D eigenvalue weighted by atomic mass is 10.2. The van der Waals surface area contributed by atoms with Gasteiger partial charge in [-0.3, -0.25) is 0 Å². The Hall–Kier alpha value is -2.34. The zero-order valence-corrected chi connectivity index (χ0v) is 14.4. The monoisotopic (exact) mass is 339 g/mol. The molecule has 2 aliphatic heterocycles. The number of benzene rings is 1. The summed E-state index contributed by atoms with van der Waals surface area (Å²) in [6.45, 7) is 3.95. The van der Waals surface area contributed by atoms with Gasteiger partial charge >= 0.3 is 0 Å². The maximum atomic E-state index is 5.62. The molecule has 3 heterocycles. The van der Waals surface area contributed by atoms with E-state index in [1.807, 2.05) is 6.07 Å². The van der Waals surface area contributed by atoms with Gasteiger partial charge in [0.15, 0.2) is 0 Å². The summed E-state index contributed by atoms with van der Waals surface area (Å²) in [5, 5.41) is 6.61. The molecule has 6 heteroatoms. The first kappa shape index (κ1) is 16.1. The van der Waals surface area contributed by atoms with E-state index in [4.69, 9.17) is 4.74 Å². The van der Waals surface area contributed by atoms with Crippen LogP contribution < -0.4 is 15.5 Å². The molecule has 2 aliphatic rings. The largest absolute Gasteiger partial charge is 0.376 e. The lowest BCUT2D eigenvalue weighted by Crippen LogP contribution is -2.19. The quantitative estimate of drug-likeness (QED) is 0.841. The summed E-state index contributed by atoms with van der Waals surface area (Å²) < 4.78 is 5.62. The number of nitrogens with one attached hydrogen (secondary N) is 2. The van der Waals surface area contributed by atoms with Crippen molar-refractivity contribution < 1.29 is 4.74 Å². The molecule has 6 nitrogen and oxygen atoms in total. The van der Waals surface area contributed by atoms with Gasteiger partial charge < -0.3 is 20.3 Å². The minimum absolute atomic E-state index is 0.276. The van der Waals surface area contributed by atoms with E-state index >= 15 is 0 Å². The molecule has 0 amide bonds. The minimum Gasteiger partial charge on any atom is -0.376 e. The third-order valence-corrected chi connectivity index (χ3v) is 4.78. The number of rotatable bonds is 6. The fourth-order valence-corrected chi connectivity index (χ4v) is 3.40.